The minimum Gasteiger partial charge on any atom is -0.306 e. The first-order chi connectivity index (χ1) is 7.61. The van der Waals surface area contributed by atoms with E-state index in [1.807, 2.05) is 13.8 Å². The van der Waals surface area contributed by atoms with Crippen molar-refractivity contribution in [2.45, 2.75) is 27.7 Å². The van der Waals surface area contributed by atoms with Crippen molar-refractivity contribution in [2.75, 3.05) is 24.7 Å². The Hall–Kier alpha value is 0.590. The Morgan fingerprint density at radius 3 is 1.81 bits per heavy atom. The summed E-state index contributed by atoms with van der Waals surface area (Å²) < 4.78 is 23.7. The van der Waals surface area contributed by atoms with Crippen molar-refractivity contribution in [1.29, 1.82) is 0 Å². The molecule has 0 heterocycles. The van der Waals surface area contributed by atoms with Gasteiger partial charge in [0, 0.05) is 10.1 Å². The fourth-order valence-corrected chi connectivity index (χ4v) is 5.18. The van der Waals surface area contributed by atoms with Crippen LogP contribution in [0.5, 0.6) is 0 Å². The average Bonchev–Trinajstić information content (AvgIpc) is 2.18. The van der Waals surface area contributed by atoms with Crippen molar-refractivity contribution >= 4 is 31.1 Å². The highest BCUT2D eigenvalue weighted by Crippen LogP contribution is 2.53. The lowest BCUT2D eigenvalue weighted by molar-refractivity contribution is 0.229. The maximum atomic E-state index is 12.2. The summed E-state index contributed by atoms with van der Waals surface area (Å²) in [6.45, 7) is 8.57. The molecule has 0 aromatic rings. The van der Waals surface area contributed by atoms with Crippen LogP contribution in [0.25, 0.3) is 0 Å². The highest BCUT2D eigenvalue weighted by molar-refractivity contribution is 8.22. The van der Waals surface area contributed by atoms with E-state index < -0.39 is 7.60 Å². The van der Waals surface area contributed by atoms with Crippen molar-refractivity contribution in [3.63, 3.8) is 0 Å². The van der Waals surface area contributed by atoms with Crippen LogP contribution in [0.4, 0.5) is 0 Å². The predicted octanol–water partition coefficient (Wildman–Crippen LogP) is 4.56. The van der Waals surface area contributed by atoms with E-state index in [0.29, 0.717) is 13.2 Å². The van der Waals surface area contributed by atoms with Crippen LogP contribution in [-0.4, -0.2) is 24.7 Å². The first-order valence-corrected chi connectivity index (χ1v) is 9.07. The third-order valence-corrected chi connectivity index (χ3v) is 5.70. The van der Waals surface area contributed by atoms with E-state index in [1.165, 1.54) is 0 Å². The second-order valence-electron chi connectivity index (χ2n) is 2.69. The number of thioether (sulfide) groups is 2. The molecule has 0 saturated carbocycles. The third kappa shape index (κ3) is 7.02. The zero-order valence-electron chi connectivity index (χ0n) is 10.4. The summed E-state index contributed by atoms with van der Waals surface area (Å²) in [5, 5.41) is 0. The van der Waals surface area contributed by atoms with Gasteiger partial charge in [0.15, 0.2) is 0 Å². The molecule has 0 aromatic heterocycles. The Morgan fingerprint density at radius 1 is 1.06 bits per heavy atom. The standard InChI is InChI=1S/C10H21O3PS2/c1-5-12-14(11,13-6-2)9-10(15-7-3)16-8-4/h9H,5-8H2,1-4H3. The molecular formula is C10H21O3PS2. The molecule has 3 nitrogen and oxygen atoms in total. The van der Waals surface area contributed by atoms with Gasteiger partial charge in [0.25, 0.3) is 0 Å². The van der Waals surface area contributed by atoms with E-state index in [2.05, 4.69) is 13.8 Å². The van der Waals surface area contributed by atoms with E-state index >= 15 is 0 Å². The van der Waals surface area contributed by atoms with E-state index in [1.54, 1.807) is 29.3 Å². The van der Waals surface area contributed by atoms with Crippen LogP contribution in [-0.2, 0) is 13.6 Å². The SMILES string of the molecule is CCOP(=O)(C=C(SCC)SCC)OCC. The van der Waals surface area contributed by atoms with Gasteiger partial charge in [-0.15, -0.1) is 23.5 Å². The van der Waals surface area contributed by atoms with E-state index in [9.17, 15) is 4.57 Å². The first kappa shape index (κ1) is 16.6. The molecule has 0 aliphatic carbocycles. The van der Waals surface area contributed by atoms with Crippen molar-refractivity contribution in [1.82, 2.24) is 0 Å². The number of hydrogen-bond acceptors (Lipinski definition) is 5. The molecular weight excluding hydrogens is 263 g/mol. The van der Waals surface area contributed by atoms with Crippen LogP contribution in [0.15, 0.2) is 10.1 Å². The highest BCUT2D eigenvalue weighted by Gasteiger charge is 2.21. The molecule has 0 rings (SSSR count). The molecule has 0 fully saturated rings. The first-order valence-electron chi connectivity index (χ1n) is 5.49. The molecule has 16 heavy (non-hydrogen) atoms. The zero-order chi connectivity index (χ0) is 12.4. The van der Waals surface area contributed by atoms with Gasteiger partial charge in [-0.1, -0.05) is 13.8 Å². The van der Waals surface area contributed by atoms with Crippen LogP contribution >= 0.6 is 31.1 Å². The summed E-state index contributed by atoms with van der Waals surface area (Å²) in [6.07, 6.45) is 0. The molecule has 0 aromatic carbocycles. The Labute approximate surface area is 107 Å². The molecule has 96 valence electrons. The maximum Gasteiger partial charge on any atom is 0.355 e. The molecule has 0 aliphatic rings. The van der Waals surface area contributed by atoms with Gasteiger partial charge in [-0.25, -0.2) is 0 Å². The lowest BCUT2D eigenvalue weighted by atomic mass is 10.9. The van der Waals surface area contributed by atoms with Gasteiger partial charge >= 0.3 is 7.60 Å². The molecule has 0 N–H and O–H groups in total. The normalized spacial score (nSPS) is 11.5. The van der Waals surface area contributed by atoms with E-state index in [4.69, 9.17) is 9.05 Å². The topological polar surface area (TPSA) is 35.5 Å². The van der Waals surface area contributed by atoms with E-state index in [0.717, 1.165) is 15.7 Å². The van der Waals surface area contributed by atoms with Crippen LogP contribution in [0.2, 0.25) is 0 Å². The van der Waals surface area contributed by atoms with Crippen molar-refractivity contribution in [2.24, 2.45) is 0 Å². The lowest BCUT2D eigenvalue weighted by Crippen LogP contribution is -1.93. The molecule has 0 aliphatic heterocycles. The van der Waals surface area contributed by atoms with Gasteiger partial charge in [-0.05, 0) is 25.4 Å². The summed E-state index contributed by atoms with van der Waals surface area (Å²) in [6, 6.07) is 0. The molecule has 0 saturated heterocycles. The Morgan fingerprint density at radius 2 is 1.50 bits per heavy atom. The molecule has 6 heteroatoms. The van der Waals surface area contributed by atoms with Crippen LogP contribution < -0.4 is 0 Å². The zero-order valence-corrected chi connectivity index (χ0v) is 12.9. The molecule has 0 atom stereocenters. The Bertz CT molecular complexity index is 238. The Balaban J connectivity index is 4.74. The number of rotatable bonds is 9. The van der Waals surface area contributed by atoms with Gasteiger partial charge in [-0.3, -0.25) is 4.57 Å². The molecule has 0 unspecified atom stereocenters. The lowest BCUT2D eigenvalue weighted by Gasteiger charge is -2.14. The minimum absolute atomic E-state index is 0.397. The smallest absolute Gasteiger partial charge is 0.306 e. The second kappa shape index (κ2) is 9.60. The quantitative estimate of drug-likeness (QED) is 0.580. The van der Waals surface area contributed by atoms with Gasteiger partial charge in [0.05, 0.1) is 13.2 Å². The van der Waals surface area contributed by atoms with Gasteiger partial charge in [0.2, 0.25) is 0 Å². The summed E-state index contributed by atoms with van der Waals surface area (Å²) >= 11 is 3.34. The molecule has 0 radical (unpaired) electrons. The summed E-state index contributed by atoms with van der Waals surface area (Å²) in [7, 11) is -3.04. The predicted molar refractivity (Wildman–Crippen MR) is 75.2 cm³/mol. The Kier molecular flexibility index (Phi) is 9.96. The minimum atomic E-state index is -3.04. The van der Waals surface area contributed by atoms with Crippen molar-refractivity contribution < 1.29 is 13.6 Å². The summed E-state index contributed by atoms with van der Waals surface area (Å²) in [4.78, 5) is 0. The summed E-state index contributed by atoms with van der Waals surface area (Å²) in [5.74, 6) is 3.57. The fraction of sp³-hybridized carbons (Fsp3) is 0.800. The monoisotopic (exact) mass is 284 g/mol. The third-order valence-electron chi connectivity index (χ3n) is 1.45. The maximum absolute atomic E-state index is 12.2. The molecule has 0 bridgehead atoms. The largest absolute Gasteiger partial charge is 0.355 e. The summed E-state index contributed by atoms with van der Waals surface area (Å²) in [5.41, 5.74) is 0. The van der Waals surface area contributed by atoms with Gasteiger partial charge < -0.3 is 9.05 Å². The fourth-order valence-electron chi connectivity index (χ4n) is 1.00. The number of hydrogen-bond donors (Lipinski definition) is 0. The van der Waals surface area contributed by atoms with E-state index in [-0.39, 0.29) is 0 Å². The van der Waals surface area contributed by atoms with Crippen LogP contribution in [0, 0.1) is 0 Å². The highest BCUT2D eigenvalue weighted by atomic mass is 32.2. The van der Waals surface area contributed by atoms with Gasteiger partial charge in [0.1, 0.15) is 0 Å². The second-order valence-corrected chi connectivity index (χ2v) is 7.41. The van der Waals surface area contributed by atoms with Crippen LogP contribution in [0.3, 0.4) is 0 Å². The van der Waals surface area contributed by atoms with Gasteiger partial charge in [-0.2, -0.15) is 0 Å². The average molecular weight is 284 g/mol. The van der Waals surface area contributed by atoms with Crippen molar-refractivity contribution in [3.05, 3.63) is 10.1 Å². The van der Waals surface area contributed by atoms with Crippen molar-refractivity contribution in [3.8, 4) is 0 Å². The molecule has 0 amide bonds. The molecule has 0 spiro atoms. The van der Waals surface area contributed by atoms with Crippen LogP contribution in [0.1, 0.15) is 27.7 Å².